The van der Waals surface area contributed by atoms with Gasteiger partial charge in [0.1, 0.15) is 12.3 Å². The van der Waals surface area contributed by atoms with Crippen molar-refractivity contribution in [1.29, 1.82) is 0 Å². The van der Waals surface area contributed by atoms with E-state index in [1.165, 1.54) is 81.4 Å². The molecule has 0 radical (unpaired) electrons. The van der Waals surface area contributed by atoms with E-state index in [9.17, 15) is 32.0 Å². The Labute approximate surface area is 308 Å². The minimum absolute atomic E-state index is 0.0381. The second-order valence-corrected chi connectivity index (χ2v) is 13.6. The number of thioether (sulfide) groups is 1. The number of benzene rings is 3. The van der Waals surface area contributed by atoms with Crippen LogP contribution in [0.5, 0.6) is 0 Å². The van der Waals surface area contributed by atoms with Gasteiger partial charge in [-0.15, -0.1) is 0 Å². The number of likely N-dealkylation sites (N-methyl/N-ethyl adjacent to an activating group) is 1. The van der Waals surface area contributed by atoms with Gasteiger partial charge in [0.15, 0.2) is 5.16 Å². The van der Waals surface area contributed by atoms with E-state index in [0.717, 1.165) is 42.3 Å². The number of rotatable bonds is 12. The SMILES string of the molecule is [2H]C([2H])(C)N(C(C)(C)C)C([2H])([2H])C([2H])([2H])N(C(=O)C([2H])([2H])n1c(SCc2ccc(F)cc2)nc(=O)c2c1CCC2)C([2H])(C)c1ccc(-c2ccc(C(F)(F)F)cc2)cc1. The molecule has 11 heteroatoms. The van der Waals surface area contributed by atoms with Crippen LogP contribution < -0.4 is 5.56 Å². The maximum atomic E-state index is 15.2. The summed E-state index contributed by atoms with van der Waals surface area (Å²) in [6.45, 7) is -6.84. The molecule has 1 aromatic heterocycles. The molecule has 3 aromatic carbocycles. The van der Waals surface area contributed by atoms with Crippen LogP contribution in [0.4, 0.5) is 17.6 Å². The highest BCUT2D eigenvalue weighted by atomic mass is 32.2. The molecule has 6 nitrogen and oxygen atoms in total. The summed E-state index contributed by atoms with van der Waals surface area (Å²) < 4.78 is 137. The molecule has 5 rings (SSSR count). The van der Waals surface area contributed by atoms with Gasteiger partial charge >= 0.3 is 6.18 Å². The molecule has 1 unspecified atom stereocenters. The van der Waals surface area contributed by atoms with Gasteiger partial charge in [0, 0.05) is 41.0 Å². The Bertz CT molecular complexity index is 2230. The number of aromatic nitrogens is 2. The van der Waals surface area contributed by atoms with E-state index in [1.807, 2.05) is 0 Å². The van der Waals surface area contributed by atoms with E-state index in [0.29, 0.717) is 28.0 Å². The van der Waals surface area contributed by atoms with Crippen molar-refractivity contribution >= 4 is 17.7 Å². The van der Waals surface area contributed by atoms with E-state index in [2.05, 4.69) is 4.98 Å². The lowest BCUT2D eigenvalue weighted by molar-refractivity contribution is -0.137. The molecule has 1 amide bonds. The first-order chi connectivity index (χ1) is 26.9. The molecule has 1 atom stereocenters. The van der Waals surface area contributed by atoms with Gasteiger partial charge in [-0.2, -0.15) is 18.2 Å². The van der Waals surface area contributed by atoms with Crippen molar-refractivity contribution in [1.82, 2.24) is 19.4 Å². The Balaban J connectivity index is 1.70. The van der Waals surface area contributed by atoms with Gasteiger partial charge in [-0.3, -0.25) is 14.5 Å². The van der Waals surface area contributed by atoms with Crippen molar-refractivity contribution in [3.05, 3.63) is 117 Å². The second-order valence-electron chi connectivity index (χ2n) is 12.7. The zero-order valence-electron chi connectivity index (χ0n) is 37.3. The summed E-state index contributed by atoms with van der Waals surface area (Å²) in [5.41, 5.74) is -1.64. The summed E-state index contributed by atoms with van der Waals surface area (Å²) in [5.74, 6) is -2.23. The molecule has 1 heterocycles. The fraction of sp³-hybridized carbons (Fsp3) is 0.410. The van der Waals surface area contributed by atoms with Gasteiger partial charge in [-0.05, 0) is 100.0 Å². The molecule has 1 aliphatic rings. The van der Waals surface area contributed by atoms with Gasteiger partial charge < -0.3 is 9.47 Å². The molecule has 266 valence electrons. The lowest BCUT2D eigenvalue weighted by Gasteiger charge is -2.38. The molecule has 0 fully saturated rings. The number of alkyl halides is 3. The number of halogens is 4. The molecule has 0 bridgehead atoms. The predicted molar refractivity (Wildman–Crippen MR) is 190 cm³/mol. The zero-order chi connectivity index (χ0) is 44.3. The lowest BCUT2D eigenvalue weighted by Crippen LogP contribution is -2.47. The third-order valence-electron chi connectivity index (χ3n) is 8.15. The first-order valence-electron chi connectivity index (χ1n) is 20.4. The van der Waals surface area contributed by atoms with E-state index in [4.69, 9.17) is 2.74 Å². The number of hydrogen-bond donors (Lipinski definition) is 0. The van der Waals surface area contributed by atoms with Crippen LogP contribution in [-0.4, -0.2) is 50.3 Å². The highest BCUT2D eigenvalue weighted by Crippen LogP contribution is 2.32. The fourth-order valence-electron chi connectivity index (χ4n) is 5.44. The number of carbonyl (C=O) groups is 1. The molecule has 50 heavy (non-hydrogen) atoms. The predicted octanol–water partition coefficient (Wildman–Crippen LogP) is 8.56. The maximum absolute atomic E-state index is 15.2. The Morgan fingerprint density at radius 3 is 2.18 bits per heavy atom. The molecular formula is C39H44F4N4O2S. The molecule has 1 aliphatic carbocycles. The number of carbonyl (C=O) groups excluding carboxylic acids is 1. The summed E-state index contributed by atoms with van der Waals surface area (Å²) in [6.07, 6.45) is -3.86. The van der Waals surface area contributed by atoms with Crippen molar-refractivity contribution in [2.45, 2.75) is 89.0 Å². The van der Waals surface area contributed by atoms with E-state index < -0.39 is 66.6 Å². The number of fused-ring (bicyclic) bond motifs is 1. The van der Waals surface area contributed by atoms with Crippen LogP contribution in [0.3, 0.4) is 0 Å². The minimum Gasteiger partial charge on any atom is -0.333 e. The first-order valence-corrected chi connectivity index (χ1v) is 16.9. The smallest absolute Gasteiger partial charge is 0.333 e. The van der Waals surface area contributed by atoms with Gasteiger partial charge in [0.25, 0.3) is 5.56 Å². The van der Waals surface area contributed by atoms with Crippen LogP contribution in [0.2, 0.25) is 0 Å². The van der Waals surface area contributed by atoms with Crippen LogP contribution in [0.1, 0.15) is 87.3 Å². The summed E-state index contributed by atoms with van der Waals surface area (Å²) in [6, 6.07) is 12.3. The normalized spacial score (nSPS) is 18.2. The van der Waals surface area contributed by atoms with Crippen LogP contribution in [-0.2, 0) is 36.1 Å². The van der Waals surface area contributed by atoms with Gasteiger partial charge in [0.05, 0.1) is 18.4 Å². The van der Waals surface area contributed by atoms with Gasteiger partial charge in [-0.25, -0.2) is 4.39 Å². The van der Waals surface area contributed by atoms with Crippen molar-refractivity contribution in [2.24, 2.45) is 0 Å². The third kappa shape index (κ3) is 8.84. The molecule has 0 aliphatic heterocycles. The zero-order valence-corrected chi connectivity index (χ0v) is 29.1. The molecule has 4 aromatic rings. The summed E-state index contributed by atoms with van der Waals surface area (Å²) in [5, 5.41) is -0.282. The Hall–Kier alpha value is -3.96. The molecule has 0 saturated carbocycles. The van der Waals surface area contributed by atoms with Gasteiger partial charge in [0.2, 0.25) is 5.91 Å². The first kappa shape index (κ1) is 26.8. The summed E-state index contributed by atoms with van der Waals surface area (Å²) in [4.78, 5) is 33.2. The van der Waals surface area contributed by atoms with E-state index >= 15 is 4.79 Å². The van der Waals surface area contributed by atoms with E-state index in [-0.39, 0.29) is 45.5 Å². The highest BCUT2D eigenvalue weighted by molar-refractivity contribution is 7.98. The van der Waals surface area contributed by atoms with Crippen molar-refractivity contribution in [3.63, 3.8) is 0 Å². The van der Waals surface area contributed by atoms with Gasteiger partial charge in [-0.1, -0.05) is 67.2 Å². The number of hydrogen-bond acceptors (Lipinski definition) is 5. The second kappa shape index (κ2) is 15.5. The highest BCUT2D eigenvalue weighted by Gasteiger charge is 2.31. The molecule has 0 spiro atoms. The van der Waals surface area contributed by atoms with Crippen molar-refractivity contribution < 1.29 is 34.7 Å². The quantitative estimate of drug-likeness (QED) is 0.0836. The van der Waals surface area contributed by atoms with Crippen LogP contribution >= 0.6 is 11.8 Å². The molecule has 0 saturated heterocycles. The largest absolute Gasteiger partial charge is 0.416 e. The molecular weight excluding hydrogens is 665 g/mol. The fourth-order valence-corrected chi connectivity index (χ4v) is 6.36. The standard InChI is InChI=1S/C39H44F4N4O2S/c1-6-45(38(3,4)5)22-23-46(26(2)28-12-14-29(15-13-28)30-16-18-31(19-17-30)39(41,42)43)35(48)24-47-34-9-7-8-33(34)36(49)44-37(47)50-25-27-10-20-32(40)21-11-27/h10-21,26H,6-9,22-25H2,1-5H3/i6D2,22D2,23D2,24D2,26D. The average molecular weight is 718 g/mol. The van der Waals surface area contributed by atoms with E-state index in [1.54, 1.807) is 0 Å². The minimum atomic E-state index is -4.58. The van der Waals surface area contributed by atoms with Crippen LogP contribution in [0.15, 0.2) is 82.7 Å². The number of amides is 1. The molecule has 0 N–H and O–H groups in total. The van der Waals surface area contributed by atoms with Crippen molar-refractivity contribution in [2.75, 3.05) is 19.5 Å². The Kier molecular flexibility index (Phi) is 8.31. The van der Waals surface area contributed by atoms with Crippen LogP contribution in [0.25, 0.3) is 11.1 Å². The Morgan fingerprint density at radius 1 is 0.980 bits per heavy atom. The summed E-state index contributed by atoms with van der Waals surface area (Å²) >= 11 is 0.856. The van der Waals surface area contributed by atoms with Crippen molar-refractivity contribution in [3.8, 4) is 11.1 Å². The topological polar surface area (TPSA) is 58.4 Å². The lowest BCUT2D eigenvalue weighted by atomic mass is 9.99. The third-order valence-corrected chi connectivity index (χ3v) is 9.16. The Morgan fingerprint density at radius 2 is 1.60 bits per heavy atom. The van der Waals surface area contributed by atoms with Crippen LogP contribution in [0, 0.1) is 5.82 Å². The number of nitrogens with zero attached hydrogens (tertiary/aromatic N) is 4. The summed E-state index contributed by atoms with van der Waals surface area (Å²) in [7, 11) is 0. The average Bonchev–Trinajstić information content (AvgIpc) is 3.60. The maximum Gasteiger partial charge on any atom is 0.416 e. The monoisotopic (exact) mass is 717 g/mol.